The minimum absolute atomic E-state index is 0.0190. The van der Waals surface area contributed by atoms with Crippen LogP contribution >= 0.6 is 0 Å². The van der Waals surface area contributed by atoms with Crippen LogP contribution < -0.4 is 5.73 Å². The third-order valence-electron chi connectivity index (χ3n) is 3.05. The number of hydrogen-bond donors (Lipinski definition) is 1. The zero-order chi connectivity index (χ0) is 14.1. The van der Waals surface area contributed by atoms with Crippen molar-refractivity contribution in [2.45, 2.75) is 71.8 Å². The number of nitrogens with two attached hydrogens (primary N) is 1. The number of nitrogens with zero attached hydrogens (tertiary/aromatic N) is 2. The van der Waals surface area contributed by atoms with Crippen LogP contribution in [0, 0.1) is 0 Å². The molecule has 1 aromatic rings. The summed E-state index contributed by atoms with van der Waals surface area (Å²) in [6.45, 7) is 15.1. The summed E-state index contributed by atoms with van der Waals surface area (Å²) >= 11 is 0. The maximum Gasteiger partial charge on any atom is 0.145 e. The topological polar surface area (TPSA) is 51.8 Å². The second-order valence-corrected chi connectivity index (χ2v) is 7.01. The molecule has 102 valence electrons. The maximum atomic E-state index is 6.09. The summed E-state index contributed by atoms with van der Waals surface area (Å²) in [5.74, 6) is 0.773. The van der Waals surface area contributed by atoms with Crippen LogP contribution in [0.5, 0.6) is 0 Å². The first-order valence-corrected chi connectivity index (χ1v) is 6.71. The van der Waals surface area contributed by atoms with Gasteiger partial charge >= 0.3 is 0 Å². The van der Waals surface area contributed by atoms with E-state index in [1.165, 1.54) is 0 Å². The van der Waals surface area contributed by atoms with Gasteiger partial charge in [0, 0.05) is 22.2 Å². The first-order chi connectivity index (χ1) is 8.05. The van der Waals surface area contributed by atoms with Gasteiger partial charge in [0.1, 0.15) is 5.82 Å². The molecule has 1 atom stereocenters. The molecule has 0 aliphatic rings. The van der Waals surface area contributed by atoms with Gasteiger partial charge in [-0.05, 0) is 12.5 Å². The highest BCUT2D eigenvalue weighted by Crippen LogP contribution is 2.27. The fraction of sp³-hybridized carbons (Fsp3) is 0.733. The lowest BCUT2D eigenvalue weighted by Crippen LogP contribution is -2.24. The molecular weight excluding hydrogens is 222 g/mol. The van der Waals surface area contributed by atoms with Crippen LogP contribution in [0.4, 0.5) is 0 Å². The van der Waals surface area contributed by atoms with Crippen molar-refractivity contribution in [3.8, 4) is 0 Å². The highest BCUT2D eigenvalue weighted by Gasteiger charge is 2.24. The molecule has 3 heteroatoms. The van der Waals surface area contributed by atoms with Crippen molar-refractivity contribution >= 4 is 0 Å². The van der Waals surface area contributed by atoms with Crippen molar-refractivity contribution in [1.29, 1.82) is 0 Å². The van der Waals surface area contributed by atoms with Gasteiger partial charge < -0.3 is 5.73 Å². The van der Waals surface area contributed by atoms with Gasteiger partial charge in [-0.3, -0.25) is 0 Å². The predicted molar refractivity (Wildman–Crippen MR) is 76.7 cm³/mol. The minimum Gasteiger partial charge on any atom is -0.321 e. The Bertz CT molecular complexity index is 378. The Hall–Kier alpha value is -0.960. The van der Waals surface area contributed by atoms with Gasteiger partial charge in [-0.25, -0.2) is 9.97 Å². The zero-order valence-electron chi connectivity index (χ0n) is 12.8. The quantitative estimate of drug-likeness (QED) is 0.873. The van der Waals surface area contributed by atoms with Crippen LogP contribution in [-0.2, 0) is 10.8 Å². The van der Waals surface area contributed by atoms with Gasteiger partial charge in [-0.2, -0.15) is 0 Å². The molecule has 1 unspecified atom stereocenters. The Morgan fingerprint density at radius 3 is 1.67 bits per heavy atom. The summed E-state index contributed by atoms with van der Waals surface area (Å²) in [6.07, 6.45) is 0.858. The Morgan fingerprint density at radius 2 is 1.39 bits per heavy atom. The summed E-state index contributed by atoms with van der Waals surface area (Å²) in [5.41, 5.74) is 8.27. The SMILES string of the molecule is CCC(N)c1nc(C(C)(C)C)cc(C(C)(C)C)n1. The van der Waals surface area contributed by atoms with Crippen LogP contribution in [0.2, 0.25) is 0 Å². The fourth-order valence-corrected chi connectivity index (χ4v) is 1.58. The minimum atomic E-state index is -0.0756. The molecule has 0 spiro atoms. The average molecular weight is 249 g/mol. The van der Waals surface area contributed by atoms with E-state index in [0.717, 1.165) is 23.6 Å². The van der Waals surface area contributed by atoms with Crippen molar-refractivity contribution < 1.29 is 0 Å². The Balaban J connectivity index is 3.39. The lowest BCUT2D eigenvalue weighted by molar-refractivity contribution is 0.517. The van der Waals surface area contributed by atoms with E-state index in [9.17, 15) is 0 Å². The molecule has 1 rings (SSSR count). The van der Waals surface area contributed by atoms with Gasteiger partial charge in [-0.15, -0.1) is 0 Å². The standard InChI is InChI=1S/C15H27N3/c1-8-10(16)13-17-11(14(2,3)4)9-12(18-13)15(5,6)7/h9-10H,8,16H2,1-7H3. The third kappa shape index (κ3) is 3.52. The number of hydrogen-bond acceptors (Lipinski definition) is 3. The third-order valence-corrected chi connectivity index (χ3v) is 3.05. The highest BCUT2D eigenvalue weighted by atomic mass is 14.9. The fourth-order valence-electron chi connectivity index (χ4n) is 1.58. The first-order valence-electron chi connectivity index (χ1n) is 6.71. The lowest BCUT2D eigenvalue weighted by Gasteiger charge is -2.25. The van der Waals surface area contributed by atoms with Crippen molar-refractivity contribution in [3.63, 3.8) is 0 Å². The van der Waals surface area contributed by atoms with Crippen molar-refractivity contribution in [3.05, 3.63) is 23.3 Å². The predicted octanol–water partition coefficient (Wildman–Crippen LogP) is 3.48. The van der Waals surface area contributed by atoms with E-state index in [4.69, 9.17) is 5.73 Å². The molecule has 0 fully saturated rings. The summed E-state index contributed by atoms with van der Waals surface area (Å²) in [4.78, 5) is 9.31. The maximum absolute atomic E-state index is 6.09. The van der Waals surface area contributed by atoms with Crippen molar-refractivity contribution in [2.75, 3.05) is 0 Å². The molecule has 0 aliphatic heterocycles. The van der Waals surface area contributed by atoms with Gasteiger partial charge in [0.15, 0.2) is 0 Å². The van der Waals surface area contributed by atoms with Gasteiger partial charge in [0.05, 0.1) is 6.04 Å². The lowest BCUT2D eigenvalue weighted by atomic mass is 9.86. The van der Waals surface area contributed by atoms with Crippen LogP contribution in [-0.4, -0.2) is 9.97 Å². The summed E-state index contributed by atoms with van der Waals surface area (Å²) in [7, 11) is 0. The molecule has 0 radical (unpaired) electrons. The summed E-state index contributed by atoms with van der Waals surface area (Å²) < 4.78 is 0. The normalized spacial score (nSPS) is 14.7. The monoisotopic (exact) mass is 249 g/mol. The second-order valence-electron chi connectivity index (χ2n) is 7.01. The van der Waals surface area contributed by atoms with Crippen LogP contribution in [0.3, 0.4) is 0 Å². The van der Waals surface area contributed by atoms with Gasteiger partial charge in [0.25, 0.3) is 0 Å². The van der Waals surface area contributed by atoms with E-state index < -0.39 is 0 Å². The van der Waals surface area contributed by atoms with E-state index in [1.807, 2.05) is 0 Å². The summed E-state index contributed by atoms with van der Waals surface area (Å²) in [5, 5.41) is 0. The van der Waals surface area contributed by atoms with Crippen LogP contribution in [0.25, 0.3) is 0 Å². The molecule has 0 amide bonds. The molecule has 0 aliphatic carbocycles. The van der Waals surface area contributed by atoms with Gasteiger partial charge in [0.2, 0.25) is 0 Å². The second kappa shape index (κ2) is 4.96. The molecule has 3 nitrogen and oxygen atoms in total. The van der Waals surface area contributed by atoms with E-state index in [1.54, 1.807) is 0 Å². The highest BCUT2D eigenvalue weighted by molar-refractivity contribution is 5.23. The first kappa shape index (κ1) is 15.1. The molecule has 1 heterocycles. The average Bonchev–Trinajstić information content (AvgIpc) is 2.25. The number of rotatable bonds is 2. The zero-order valence-corrected chi connectivity index (χ0v) is 12.8. The Morgan fingerprint density at radius 1 is 1.00 bits per heavy atom. The van der Waals surface area contributed by atoms with E-state index >= 15 is 0 Å². The largest absolute Gasteiger partial charge is 0.321 e. The molecule has 2 N–H and O–H groups in total. The van der Waals surface area contributed by atoms with E-state index in [0.29, 0.717) is 0 Å². The molecule has 0 bridgehead atoms. The molecule has 18 heavy (non-hydrogen) atoms. The number of aromatic nitrogens is 2. The molecular formula is C15H27N3. The smallest absolute Gasteiger partial charge is 0.145 e. The Labute approximate surface area is 111 Å². The van der Waals surface area contributed by atoms with E-state index in [2.05, 4.69) is 64.5 Å². The van der Waals surface area contributed by atoms with Gasteiger partial charge in [-0.1, -0.05) is 48.5 Å². The summed E-state index contributed by atoms with van der Waals surface area (Å²) in [6, 6.07) is 2.04. The van der Waals surface area contributed by atoms with Crippen LogP contribution in [0.1, 0.15) is 78.1 Å². The van der Waals surface area contributed by atoms with Crippen molar-refractivity contribution in [2.24, 2.45) is 5.73 Å². The van der Waals surface area contributed by atoms with Crippen LogP contribution in [0.15, 0.2) is 6.07 Å². The molecule has 0 saturated heterocycles. The molecule has 0 saturated carbocycles. The Kier molecular flexibility index (Phi) is 4.16. The van der Waals surface area contributed by atoms with E-state index in [-0.39, 0.29) is 16.9 Å². The molecule has 0 aromatic carbocycles. The van der Waals surface area contributed by atoms with Crippen molar-refractivity contribution in [1.82, 2.24) is 9.97 Å². The molecule has 1 aromatic heterocycles.